The first-order valence-electron chi connectivity index (χ1n) is 5.64. The van der Waals surface area contributed by atoms with Gasteiger partial charge in [0, 0.05) is 15.6 Å². The van der Waals surface area contributed by atoms with Crippen molar-refractivity contribution in [3.63, 3.8) is 0 Å². The highest BCUT2D eigenvalue weighted by atomic mass is 79.9. The third-order valence-corrected chi connectivity index (χ3v) is 3.16. The molecular formula is C14H10BrFN2O2. The molecule has 0 aliphatic rings. The van der Waals surface area contributed by atoms with E-state index in [0.717, 1.165) is 10.5 Å². The molecular weight excluding hydrogens is 327 g/mol. The summed E-state index contributed by atoms with van der Waals surface area (Å²) in [5, 5.41) is 13.1. The van der Waals surface area contributed by atoms with Crippen LogP contribution in [-0.4, -0.2) is 17.2 Å². The average Bonchev–Trinajstić information content (AvgIpc) is 2.42. The van der Waals surface area contributed by atoms with Gasteiger partial charge in [-0.05, 0) is 36.4 Å². The predicted octanol–water partition coefficient (Wildman–Crippen LogP) is 3.06. The van der Waals surface area contributed by atoms with Crippen LogP contribution in [0.5, 0.6) is 5.75 Å². The molecule has 4 nitrogen and oxygen atoms in total. The summed E-state index contributed by atoms with van der Waals surface area (Å²) in [4.78, 5) is 11.7. The van der Waals surface area contributed by atoms with E-state index in [-0.39, 0.29) is 11.3 Å². The van der Waals surface area contributed by atoms with Crippen LogP contribution in [0.1, 0.15) is 15.9 Å². The lowest BCUT2D eigenvalue weighted by atomic mass is 10.2. The number of carbonyl (C=O) groups is 1. The van der Waals surface area contributed by atoms with Gasteiger partial charge in [-0.25, -0.2) is 9.82 Å². The zero-order valence-electron chi connectivity index (χ0n) is 10.2. The molecule has 20 heavy (non-hydrogen) atoms. The lowest BCUT2D eigenvalue weighted by Crippen LogP contribution is -2.17. The molecule has 0 spiro atoms. The minimum Gasteiger partial charge on any atom is -0.508 e. The summed E-state index contributed by atoms with van der Waals surface area (Å²) in [6.45, 7) is 0. The zero-order chi connectivity index (χ0) is 14.5. The molecule has 0 saturated heterocycles. The highest BCUT2D eigenvalue weighted by Gasteiger charge is 2.05. The molecule has 0 heterocycles. The van der Waals surface area contributed by atoms with E-state index >= 15 is 0 Å². The number of amides is 1. The van der Waals surface area contributed by atoms with Crippen LogP contribution in [0.2, 0.25) is 0 Å². The van der Waals surface area contributed by atoms with Gasteiger partial charge in [-0.2, -0.15) is 5.10 Å². The Kier molecular flexibility index (Phi) is 4.47. The Morgan fingerprint density at radius 3 is 2.85 bits per heavy atom. The van der Waals surface area contributed by atoms with Crippen molar-refractivity contribution in [1.82, 2.24) is 5.43 Å². The van der Waals surface area contributed by atoms with Crippen LogP contribution < -0.4 is 5.43 Å². The number of hydrazone groups is 1. The number of phenolic OH excluding ortho intramolecular Hbond substituents is 1. The maximum Gasteiger partial charge on any atom is 0.271 e. The van der Waals surface area contributed by atoms with Crippen molar-refractivity contribution in [2.45, 2.75) is 0 Å². The molecule has 0 radical (unpaired) electrons. The molecule has 0 aromatic heterocycles. The fourth-order valence-corrected chi connectivity index (χ4v) is 1.83. The van der Waals surface area contributed by atoms with Gasteiger partial charge in [-0.3, -0.25) is 4.79 Å². The second-order valence-electron chi connectivity index (χ2n) is 3.92. The van der Waals surface area contributed by atoms with Crippen molar-refractivity contribution >= 4 is 28.1 Å². The van der Waals surface area contributed by atoms with E-state index in [4.69, 9.17) is 0 Å². The van der Waals surface area contributed by atoms with E-state index < -0.39 is 11.7 Å². The number of benzene rings is 2. The fourth-order valence-electron chi connectivity index (χ4n) is 1.48. The van der Waals surface area contributed by atoms with Gasteiger partial charge >= 0.3 is 0 Å². The van der Waals surface area contributed by atoms with E-state index in [2.05, 4.69) is 26.5 Å². The second-order valence-corrected chi connectivity index (χ2v) is 4.77. The van der Waals surface area contributed by atoms with Crippen molar-refractivity contribution in [3.05, 3.63) is 63.9 Å². The molecule has 2 N–H and O–H groups in total. The van der Waals surface area contributed by atoms with Crippen LogP contribution in [0.15, 0.2) is 52.0 Å². The quantitative estimate of drug-likeness (QED) is 0.668. The van der Waals surface area contributed by atoms with E-state index in [1.807, 2.05) is 0 Å². The molecule has 2 aromatic rings. The molecule has 1 amide bonds. The summed E-state index contributed by atoms with van der Waals surface area (Å²) < 4.78 is 13.7. The van der Waals surface area contributed by atoms with Crippen molar-refractivity contribution in [1.29, 1.82) is 0 Å². The Bertz CT molecular complexity index is 674. The van der Waals surface area contributed by atoms with Crippen LogP contribution in [0, 0.1) is 5.82 Å². The number of rotatable bonds is 3. The average molecular weight is 337 g/mol. The first-order chi connectivity index (χ1) is 9.56. The van der Waals surface area contributed by atoms with Crippen molar-refractivity contribution in [3.8, 4) is 5.75 Å². The minimum atomic E-state index is -0.517. The molecule has 0 fully saturated rings. The first-order valence-corrected chi connectivity index (χ1v) is 6.43. The minimum absolute atomic E-state index is 0.0890. The highest BCUT2D eigenvalue weighted by molar-refractivity contribution is 9.10. The van der Waals surface area contributed by atoms with Crippen molar-refractivity contribution in [2.75, 3.05) is 0 Å². The number of carbonyl (C=O) groups excluding carboxylic acids is 1. The van der Waals surface area contributed by atoms with Crippen LogP contribution in [0.25, 0.3) is 0 Å². The monoisotopic (exact) mass is 336 g/mol. The van der Waals surface area contributed by atoms with Crippen LogP contribution in [-0.2, 0) is 0 Å². The molecule has 0 saturated carbocycles. The van der Waals surface area contributed by atoms with Gasteiger partial charge in [0.25, 0.3) is 5.91 Å². The summed E-state index contributed by atoms with van der Waals surface area (Å²) in [7, 11) is 0. The SMILES string of the molecule is O=C(NN=Cc1cc(O)ccc1Br)c1cccc(F)c1. The molecule has 0 atom stereocenters. The van der Waals surface area contributed by atoms with Gasteiger partial charge in [0.1, 0.15) is 11.6 Å². The lowest BCUT2D eigenvalue weighted by molar-refractivity contribution is 0.0954. The summed E-state index contributed by atoms with van der Waals surface area (Å²) in [6, 6.07) is 9.97. The topological polar surface area (TPSA) is 61.7 Å². The number of nitrogens with one attached hydrogen (secondary N) is 1. The Hall–Kier alpha value is -2.21. The molecule has 2 aromatic carbocycles. The Labute approximate surface area is 123 Å². The number of hydrogen-bond donors (Lipinski definition) is 2. The number of halogens is 2. The molecule has 0 unspecified atom stereocenters. The lowest BCUT2D eigenvalue weighted by Gasteiger charge is -2.01. The highest BCUT2D eigenvalue weighted by Crippen LogP contribution is 2.19. The van der Waals surface area contributed by atoms with E-state index in [0.29, 0.717) is 5.56 Å². The standard InChI is InChI=1S/C14H10BrFN2O2/c15-13-5-4-12(19)7-10(13)8-17-18-14(20)9-2-1-3-11(16)6-9/h1-8,19H,(H,18,20). The predicted molar refractivity (Wildman–Crippen MR) is 77.3 cm³/mol. The molecule has 0 aliphatic carbocycles. The number of aromatic hydroxyl groups is 1. The first kappa shape index (κ1) is 14.2. The van der Waals surface area contributed by atoms with Crippen molar-refractivity contribution in [2.24, 2.45) is 5.10 Å². The van der Waals surface area contributed by atoms with Gasteiger partial charge in [-0.15, -0.1) is 0 Å². The second kappa shape index (κ2) is 6.29. The molecule has 102 valence electrons. The van der Waals surface area contributed by atoms with Gasteiger partial charge in [0.05, 0.1) is 6.21 Å². The Balaban J connectivity index is 2.06. The van der Waals surface area contributed by atoms with Gasteiger partial charge < -0.3 is 5.11 Å². The summed E-state index contributed by atoms with van der Waals surface area (Å²) in [5.41, 5.74) is 3.06. The summed E-state index contributed by atoms with van der Waals surface area (Å²) >= 11 is 3.29. The number of nitrogens with zero attached hydrogens (tertiary/aromatic N) is 1. The van der Waals surface area contributed by atoms with E-state index in [1.54, 1.807) is 6.07 Å². The van der Waals surface area contributed by atoms with Crippen LogP contribution in [0.4, 0.5) is 4.39 Å². The van der Waals surface area contributed by atoms with Gasteiger partial charge in [0.15, 0.2) is 0 Å². The Morgan fingerprint density at radius 1 is 1.30 bits per heavy atom. The third-order valence-electron chi connectivity index (χ3n) is 2.44. The third kappa shape index (κ3) is 3.64. The number of phenols is 1. The molecule has 6 heteroatoms. The maximum absolute atomic E-state index is 13.0. The van der Waals surface area contributed by atoms with Crippen LogP contribution in [0.3, 0.4) is 0 Å². The summed E-state index contributed by atoms with van der Waals surface area (Å²) in [5.74, 6) is -0.916. The number of hydrogen-bond acceptors (Lipinski definition) is 3. The largest absolute Gasteiger partial charge is 0.508 e. The van der Waals surface area contributed by atoms with Gasteiger partial charge in [-0.1, -0.05) is 22.0 Å². The Morgan fingerprint density at radius 2 is 2.10 bits per heavy atom. The van der Waals surface area contributed by atoms with E-state index in [9.17, 15) is 14.3 Å². The molecule has 0 bridgehead atoms. The zero-order valence-corrected chi connectivity index (χ0v) is 11.8. The smallest absolute Gasteiger partial charge is 0.271 e. The van der Waals surface area contributed by atoms with Gasteiger partial charge in [0.2, 0.25) is 0 Å². The molecule has 2 rings (SSSR count). The summed E-state index contributed by atoms with van der Waals surface area (Å²) in [6.07, 6.45) is 1.38. The fraction of sp³-hybridized carbons (Fsp3) is 0. The van der Waals surface area contributed by atoms with Crippen molar-refractivity contribution < 1.29 is 14.3 Å². The van der Waals surface area contributed by atoms with E-state index in [1.165, 1.54) is 36.5 Å². The molecule has 0 aliphatic heterocycles. The maximum atomic E-state index is 13.0. The van der Waals surface area contributed by atoms with Crippen LogP contribution >= 0.6 is 15.9 Å². The normalized spacial score (nSPS) is 10.7.